The highest BCUT2D eigenvalue weighted by Gasteiger charge is 2.28. The van der Waals surface area contributed by atoms with Gasteiger partial charge in [-0.05, 0) is 6.42 Å². The third-order valence-corrected chi connectivity index (χ3v) is 3.68. The van der Waals surface area contributed by atoms with Crippen LogP contribution >= 0.6 is 0 Å². The van der Waals surface area contributed by atoms with Crippen molar-refractivity contribution in [2.45, 2.75) is 37.6 Å². The van der Waals surface area contributed by atoms with Gasteiger partial charge in [-0.2, -0.15) is 0 Å². The van der Waals surface area contributed by atoms with Crippen LogP contribution in [-0.2, 0) is 14.4 Å². The monoisotopic (exact) mass is 444 g/mol. The van der Waals surface area contributed by atoms with Crippen LogP contribution in [0.2, 0.25) is 0 Å². The number of nitrogens with zero attached hydrogens (tertiary/aromatic N) is 2. The van der Waals surface area contributed by atoms with Gasteiger partial charge in [-0.1, -0.05) is 0 Å². The number of nitrogen functional groups attached to an aromatic ring is 2. The van der Waals surface area contributed by atoms with Crippen molar-refractivity contribution in [1.29, 1.82) is 0 Å². The molecule has 0 aromatic carbocycles. The molecule has 16 nitrogen and oxygen atoms in total. The standard InChI is InChI=1S/C15H20N6O10/c16-10-8(12(26)18-4(14(28)29)1-2-6(22)23)20-11(17)9(21-10)13(27)19-5(15(30)31)3-7(24)25/h4-5,7,24-25H,1-3H2,(H2,16,21)(H2,17,20)(H,18,26)(H,19,27)(H,22,23)(H,28,29)(H,30,31)/t4-,5-/m1/s1. The average Bonchev–Trinajstić information content (AvgIpc) is 2.64. The Labute approximate surface area is 172 Å². The molecular weight excluding hydrogens is 424 g/mol. The fourth-order valence-corrected chi connectivity index (χ4v) is 2.21. The summed E-state index contributed by atoms with van der Waals surface area (Å²) in [4.78, 5) is 64.4. The summed E-state index contributed by atoms with van der Waals surface area (Å²) in [6.45, 7) is 0. The van der Waals surface area contributed by atoms with Gasteiger partial charge in [0.1, 0.15) is 12.1 Å². The molecule has 1 heterocycles. The zero-order chi connectivity index (χ0) is 23.9. The van der Waals surface area contributed by atoms with Crippen LogP contribution in [0.5, 0.6) is 0 Å². The maximum atomic E-state index is 12.3. The number of anilines is 2. The van der Waals surface area contributed by atoms with E-state index in [-0.39, 0.29) is 0 Å². The molecule has 0 fully saturated rings. The van der Waals surface area contributed by atoms with Crippen molar-refractivity contribution in [1.82, 2.24) is 20.6 Å². The first-order valence-electron chi connectivity index (χ1n) is 8.41. The minimum Gasteiger partial charge on any atom is -0.481 e. The summed E-state index contributed by atoms with van der Waals surface area (Å²) in [5, 5.41) is 48.4. The molecule has 1 aromatic rings. The van der Waals surface area contributed by atoms with Crippen LogP contribution in [-0.4, -0.2) is 83.6 Å². The van der Waals surface area contributed by atoms with Crippen LogP contribution in [0.1, 0.15) is 40.2 Å². The maximum Gasteiger partial charge on any atom is 0.326 e. The highest BCUT2D eigenvalue weighted by molar-refractivity contribution is 6.02. The van der Waals surface area contributed by atoms with E-state index < -0.39 is 90.4 Å². The fourth-order valence-electron chi connectivity index (χ4n) is 2.21. The average molecular weight is 444 g/mol. The van der Waals surface area contributed by atoms with Crippen molar-refractivity contribution < 1.29 is 49.5 Å². The molecule has 31 heavy (non-hydrogen) atoms. The maximum absolute atomic E-state index is 12.3. The first-order chi connectivity index (χ1) is 14.3. The minimum absolute atomic E-state index is 0.438. The molecule has 0 aliphatic heterocycles. The van der Waals surface area contributed by atoms with Crippen LogP contribution < -0.4 is 22.1 Å². The van der Waals surface area contributed by atoms with Gasteiger partial charge in [0.2, 0.25) is 0 Å². The number of hydrogen-bond donors (Lipinski definition) is 9. The lowest BCUT2D eigenvalue weighted by atomic mass is 10.1. The number of aliphatic hydroxyl groups excluding tert-OH is 1. The third kappa shape index (κ3) is 7.37. The number of carbonyl (C=O) groups excluding carboxylic acids is 2. The zero-order valence-electron chi connectivity index (χ0n) is 15.7. The van der Waals surface area contributed by atoms with Crippen molar-refractivity contribution in [3.05, 3.63) is 11.4 Å². The summed E-state index contributed by atoms with van der Waals surface area (Å²) in [7, 11) is 0. The molecule has 0 saturated carbocycles. The third-order valence-electron chi connectivity index (χ3n) is 3.68. The van der Waals surface area contributed by atoms with Gasteiger partial charge in [-0.25, -0.2) is 19.6 Å². The van der Waals surface area contributed by atoms with Gasteiger partial charge in [-0.15, -0.1) is 0 Å². The van der Waals surface area contributed by atoms with E-state index in [1.165, 1.54) is 0 Å². The number of aliphatic carboxylic acids is 3. The molecule has 2 amide bonds. The molecule has 16 heteroatoms. The summed E-state index contributed by atoms with van der Waals surface area (Å²) in [5.41, 5.74) is 9.80. The van der Waals surface area contributed by atoms with Crippen molar-refractivity contribution in [3.8, 4) is 0 Å². The van der Waals surface area contributed by atoms with Crippen LogP contribution in [0.3, 0.4) is 0 Å². The molecular formula is C15H20N6O10. The molecule has 170 valence electrons. The van der Waals surface area contributed by atoms with Crippen molar-refractivity contribution >= 4 is 41.4 Å². The van der Waals surface area contributed by atoms with E-state index >= 15 is 0 Å². The van der Waals surface area contributed by atoms with Crippen LogP contribution in [0, 0.1) is 0 Å². The molecule has 0 bridgehead atoms. The molecule has 0 radical (unpaired) electrons. The number of nitrogens with two attached hydrogens (primary N) is 2. The quantitative estimate of drug-likeness (QED) is 0.150. The largest absolute Gasteiger partial charge is 0.481 e. The fraction of sp³-hybridized carbons (Fsp3) is 0.400. The van der Waals surface area contributed by atoms with Gasteiger partial charge < -0.3 is 47.6 Å². The number of carboxylic acids is 3. The highest BCUT2D eigenvalue weighted by atomic mass is 16.5. The number of carboxylic acid groups (broad SMARTS) is 3. The lowest BCUT2D eigenvalue weighted by molar-refractivity contribution is -0.143. The van der Waals surface area contributed by atoms with E-state index in [0.29, 0.717) is 0 Å². The zero-order valence-corrected chi connectivity index (χ0v) is 15.7. The van der Waals surface area contributed by atoms with E-state index in [1.807, 2.05) is 10.6 Å². The first kappa shape index (κ1) is 25.0. The van der Waals surface area contributed by atoms with Crippen LogP contribution in [0.25, 0.3) is 0 Å². The Morgan fingerprint density at radius 3 is 1.58 bits per heavy atom. The normalized spacial score (nSPS) is 12.6. The first-order valence-corrected chi connectivity index (χ1v) is 8.41. The Bertz CT molecular complexity index is 889. The summed E-state index contributed by atoms with van der Waals surface area (Å²) in [5.74, 6) is -8.06. The smallest absolute Gasteiger partial charge is 0.326 e. The topological polar surface area (TPSA) is 288 Å². The summed E-state index contributed by atoms with van der Waals surface area (Å²) in [6, 6.07) is -3.31. The number of rotatable bonds is 11. The number of hydrogen-bond acceptors (Lipinski definition) is 11. The SMILES string of the molecule is Nc1nc(C(=O)N[C@H](CC(O)O)C(=O)O)c(N)nc1C(=O)N[C@H](CCC(=O)O)C(=O)O. The number of nitrogens with one attached hydrogen (secondary N) is 2. The van der Waals surface area contributed by atoms with Gasteiger partial charge in [0.25, 0.3) is 11.8 Å². The minimum atomic E-state index is -2.04. The molecule has 0 saturated heterocycles. The van der Waals surface area contributed by atoms with Gasteiger partial charge in [0.05, 0.1) is 0 Å². The number of aliphatic hydroxyl groups is 2. The second-order valence-electron chi connectivity index (χ2n) is 6.07. The van der Waals surface area contributed by atoms with E-state index in [1.54, 1.807) is 0 Å². The summed E-state index contributed by atoms with van der Waals surface area (Å²) < 4.78 is 0. The second kappa shape index (κ2) is 10.6. The van der Waals surface area contributed by atoms with Gasteiger partial charge in [-0.3, -0.25) is 14.4 Å². The Morgan fingerprint density at radius 1 is 0.806 bits per heavy atom. The highest BCUT2D eigenvalue weighted by Crippen LogP contribution is 2.14. The van der Waals surface area contributed by atoms with Crippen molar-refractivity contribution in [3.63, 3.8) is 0 Å². The van der Waals surface area contributed by atoms with Gasteiger partial charge in [0, 0.05) is 12.8 Å². The molecule has 2 atom stereocenters. The predicted molar refractivity (Wildman–Crippen MR) is 98.3 cm³/mol. The number of carbonyl (C=O) groups is 5. The van der Waals surface area contributed by atoms with E-state index in [9.17, 15) is 24.0 Å². The van der Waals surface area contributed by atoms with Crippen LogP contribution in [0.15, 0.2) is 0 Å². The molecule has 0 unspecified atom stereocenters. The van der Waals surface area contributed by atoms with Crippen LogP contribution in [0.4, 0.5) is 11.6 Å². The van der Waals surface area contributed by atoms with E-state index in [2.05, 4.69) is 9.97 Å². The Morgan fingerprint density at radius 2 is 1.23 bits per heavy atom. The summed E-state index contributed by atoms with van der Waals surface area (Å²) in [6.07, 6.45) is -3.78. The molecule has 0 aliphatic carbocycles. The molecule has 0 aliphatic rings. The Kier molecular flexibility index (Phi) is 8.58. The number of aromatic nitrogens is 2. The second-order valence-corrected chi connectivity index (χ2v) is 6.07. The molecule has 1 aromatic heterocycles. The summed E-state index contributed by atoms with van der Waals surface area (Å²) >= 11 is 0. The molecule has 11 N–H and O–H groups in total. The van der Waals surface area contributed by atoms with E-state index in [4.69, 9.17) is 37.0 Å². The molecule has 1 rings (SSSR count). The van der Waals surface area contributed by atoms with Crippen molar-refractivity contribution in [2.75, 3.05) is 11.5 Å². The van der Waals surface area contributed by atoms with Gasteiger partial charge >= 0.3 is 17.9 Å². The lowest BCUT2D eigenvalue weighted by Crippen LogP contribution is -2.44. The van der Waals surface area contributed by atoms with Crippen molar-refractivity contribution in [2.24, 2.45) is 0 Å². The van der Waals surface area contributed by atoms with Gasteiger partial charge in [0.15, 0.2) is 29.3 Å². The predicted octanol–water partition coefficient (Wildman–Crippen LogP) is -3.43. The number of amides is 2. The molecule has 0 spiro atoms. The lowest BCUT2D eigenvalue weighted by Gasteiger charge is -2.17. The Balaban J connectivity index is 3.05. The Hall–Kier alpha value is -4.05. The van der Waals surface area contributed by atoms with E-state index in [0.717, 1.165) is 0 Å².